The molecule has 0 bridgehead atoms. The van der Waals surface area contributed by atoms with E-state index in [0.29, 0.717) is 11.6 Å². The Hall–Kier alpha value is -1.95. The lowest BCUT2D eigenvalue weighted by molar-refractivity contribution is 0.754. The van der Waals surface area contributed by atoms with Crippen LogP contribution >= 0.6 is 0 Å². The van der Waals surface area contributed by atoms with Crippen molar-refractivity contribution in [3.05, 3.63) is 29.6 Å². The maximum Gasteiger partial charge on any atom is 0.176 e. The lowest BCUT2D eigenvalue weighted by atomic mass is 10.2. The molecule has 0 saturated heterocycles. The second kappa shape index (κ2) is 4.92. The smallest absolute Gasteiger partial charge is 0.176 e. The molecular formula is C11H16N6. The molecule has 0 amide bonds. The number of anilines is 1. The first kappa shape index (κ1) is 11.5. The summed E-state index contributed by atoms with van der Waals surface area (Å²) in [6.45, 7) is 4.18. The quantitative estimate of drug-likeness (QED) is 0.608. The largest absolute Gasteiger partial charge is 0.307 e. The van der Waals surface area contributed by atoms with Gasteiger partial charge in [0.1, 0.15) is 0 Å². The minimum Gasteiger partial charge on any atom is -0.307 e. The molecule has 3 N–H and O–H groups in total. The van der Waals surface area contributed by atoms with Gasteiger partial charge in [-0.15, -0.1) is 10.2 Å². The van der Waals surface area contributed by atoms with Gasteiger partial charge in [0.05, 0.1) is 5.69 Å². The standard InChI is InChI=1S/C11H16N6/c1-3-8-7-9(4-2)17(16-8)11-6-5-10(13-12)14-15-11/h5-7H,3-4,12H2,1-2H3,(H,13,14). The summed E-state index contributed by atoms with van der Waals surface area (Å²) in [7, 11) is 0. The Labute approximate surface area is 99.8 Å². The topological polar surface area (TPSA) is 81.7 Å². The van der Waals surface area contributed by atoms with Crippen molar-refractivity contribution in [2.24, 2.45) is 5.84 Å². The molecule has 0 aliphatic rings. The predicted molar refractivity (Wildman–Crippen MR) is 65.7 cm³/mol. The van der Waals surface area contributed by atoms with E-state index in [0.717, 1.165) is 24.2 Å². The van der Waals surface area contributed by atoms with Gasteiger partial charge in [0.25, 0.3) is 0 Å². The molecule has 0 unspecified atom stereocenters. The van der Waals surface area contributed by atoms with E-state index in [4.69, 9.17) is 5.84 Å². The summed E-state index contributed by atoms with van der Waals surface area (Å²) < 4.78 is 1.83. The molecule has 6 nitrogen and oxygen atoms in total. The van der Waals surface area contributed by atoms with Crippen molar-refractivity contribution in [2.75, 3.05) is 5.43 Å². The fourth-order valence-corrected chi connectivity index (χ4v) is 1.61. The zero-order valence-electron chi connectivity index (χ0n) is 10.0. The Morgan fingerprint density at radius 3 is 2.59 bits per heavy atom. The van der Waals surface area contributed by atoms with Gasteiger partial charge < -0.3 is 5.43 Å². The van der Waals surface area contributed by atoms with Gasteiger partial charge in [-0.2, -0.15) is 5.10 Å². The highest BCUT2D eigenvalue weighted by Gasteiger charge is 2.08. The second-order valence-electron chi connectivity index (χ2n) is 3.67. The molecule has 0 aromatic carbocycles. The summed E-state index contributed by atoms with van der Waals surface area (Å²) in [6, 6.07) is 5.71. The SMILES string of the molecule is CCc1cc(CC)n(-c2ccc(NN)nn2)n1. The molecular weight excluding hydrogens is 216 g/mol. The van der Waals surface area contributed by atoms with Gasteiger partial charge in [-0.3, -0.25) is 0 Å². The van der Waals surface area contributed by atoms with E-state index in [9.17, 15) is 0 Å². The zero-order valence-corrected chi connectivity index (χ0v) is 10.0. The van der Waals surface area contributed by atoms with E-state index in [1.807, 2.05) is 10.7 Å². The predicted octanol–water partition coefficient (Wildman–Crippen LogP) is 1.07. The van der Waals surface area contributed by atoms with Crippen LogP contribution in [0.15, 0.2) is 18.2 Å². The number of aryl methyl sites for hydroxylation is 2. The average molecular weight is 232 g/mol. The number of hydrogen-bond acceptors (Lipinski definition) is 5. The number of aromatic nitrogens is 4. The molecule has 0 atom stereocenters. The monoisotopic (exact) mass is 232 g/mol. The van der Waals surface area contributed by atoms with Gasteiger partial charge >= 0.3 is 0 Å². The molecule has 17 heavy (non-hydrogen) atoms. The number of nitrogen functional groups attached to an aromatic ring is 1. The fraction of sp³-hybridized carbons (Fsp3) is 0.364. The molecule has 2 aromatic heterocycles. The minimum absolute atomic E-state index is 0.537. The highest BCUT2D eigenvalue weighted by atomic mass is 15.4. The van der Waals surface area contributed by atoms with Crippen molar-refractivity contribution in [1.82, 2.24) is 20.0 Å². The first-order valence-electron chi connectivity index (χ1n) is 5.67. The van der Waals surface area contributed by atoms with Crippen LogP contribution in [-0.4, -0.2) is 20.0 Å². The molecule has 0 fully saturated rings. The summed E-state index contributed by atoms with van der Waals surface area (Å²) in [5.74, 6) is 6.49. The average Bonchev–Trinajstić information content (AvgIpc) is 2.82. The van der Waals surface area contributed by atoms with E-state index >= 15 is 0 Å². The summed E-state index contributed by atoms with van der Waals surface area (Å²) in [5, 5.41) is 12.5. The summed E-state index contributed by atoms with van der Waals surface area (Å²) in [5.41, 5.74) is 4.64. The number of nitrogens with two attached hydrogens (primary N) is 1. The first-order chi connectivity index (χ1) is 8.28. The van der Waals surface area contributed by atoms with Crippen LogP contribution in [0, 0.1) is 0 Å². The third-order valence-electron chi connectivity index (χ3n) is 2.57. The van der Waals surface area contributed by atoms with E-state index in [2.05, 4.69) is 40.6 Å². The number of nitrogens with zero attached hydrogens (tertiary/aromatic N) is 4. The highest BCUT2D eigenvalue weighted by Crippen LogP contribution is 2.12. The van der Waals surface area contributed by atoms with Crippen LogP contribution in [0.3, 0.4) is 0 Å². The summed E-state index contributed by atoms with van der Waals surface area (Å²) >= 11 is 0. The molecule has 90 valence electrons. The maximum absolute atomic E-state index is 5.25. The Bertz CT molecular complexity index is 487. The van der Waals surface area contributed by atoms with Crippen LogP contribution < -0.4 is 11.3 Å². The molecule has 2 heterocycles. The molecule has 2 aromatic rings. The van der Waals surface area contributed by atoms with Crippen molar-refractivity contribution in [1.29, 1.82) is 0 Å². The third-order valence-corrected chi connectivity index (χ3v) is 2.57. The molecule has 0 aliphatic heterocycles. The van der Waals surface area contributed by atoms with Crippen molar-refractivity contribution < 1.29 is 0 Å². The molecule has 2 rings (SSSR count). The molecule has 0 radical (unpaired) electrons. The van der Waals surface area contributed by atoms with Gasteiger partial charge in [-0.1, -0.05) is 13.8 Å². The van der Waals surface area contributed by atoms with E-state index in [-0.39, 0.29) is 0 Å². The van der Waals surface area contributed by atoms with Crippen LogP contribution in [0.4, 0.5) is 5.82 Å². The van der Waals surface area contributed by atoms with Gasteiger partial charge in [0, 0.05) is 5.69 Å². The van der Waals surface area contributed by atoms with Crippen molar-refractivity contribution >= 4 is 5.82 Å². The second-order valence-corrected chi connectivity index (χ2v) is 3.67. The summed E-state index contributed by atoms with van der Waals surface area (Å²) in [4.78, 5) is 0. The fourth-order valence-electron chi connectivity index (χ4n) is 1.61. The lowest BCUT2D eigenvalue weighted by Crippen LogP contribution is -2.11. The lowest BCUT2D eigenvalue weighted by Gasteiger charge is -2.04. The first-order valence-corrected chi connectivity index (χ1v) is 5.67. The number of nitrogens with one attached hydrogen (secondary N) is 1. The normalized spacial score (nSPS) is 10.5. The van der Waals surface area contributed by atoms with Crippen molar-refractivity contribution in [2.45, 2.75) is 26.7 Å². The van der Waals surface area contributed by atoms with Crippen LogP contribution in [0.2, 0.25) is 0 Å². The van der Waals surface area contributed by atoms with Crippen LogP contribution in [0.1, 0.15) is 25.2 Å². The highest BCUT2D eigenvalue weighted by molar-refractivity contribution is 5.35. The third kappa shape index (κ3) is 2.26. The summed E-state index contributed by atoms with van der Waals surface area (Å²) in [6.07, 6.45) is 1.82. The molecule has 0 spiro atoms. The van der Waals surface area contributed by atoms with Crippen LogP contribution in [0.5, 0.6) is 0 Å². The number of hydrogen-bond donors (Lipinski definition) is 2. The van der Waals surface area contributed by atoms with E-state index in [1.54, 1.807) is 6.07 Å². The maximum atomic E-state index is 5.25. The van der Waals surface area contributed by atoms with Crippen LogP contribution in [0.25, 0.3) is 5.82 Å². The molecule has 0 aliphatic carbocycles. The van der Waals surface area contributed by atoms with E-state index in [1.165, 1.54) is 0 Å². The van der Waals surface area contributed by atoms with Crippen molar-refractivity contribution in [3.63, 3.8) is 0 Å². The van der Waals surface area contributed by atoms with Crippen molar-refractivity contribution in [3.8, 4) is 5.82 Å². The van der Waals surface area contributed by atoms with Gasteiger partial charge in [0.2, 0.25) is 0 Å². The van der Waals surface area contributed by atoms with Gasteiger partial charge in [-0.05, 0) is 31.0 Å². The minimum atomic E-state index is 0.537. The zero-order chi connectivity index (χ0) is 12.3. The Morgan fingerprint density at radius 1 is 1.24 bits per heavy atom. The Kier molecular flexibility index (Phi) is 3.34. The number of hydrazine groups is 1. The van der Waals surface area contributed by atoms with E-state index < -0.39 is 0 Å². The number of rotatable bonds is 4. The van der Waals surface area contributed by atoms with Gasteiger partial charge in [-0.25, -0.2) is 10.5 Å². The molecule has 0 saturated carbocycles. The van der Waals surface area contributed by atoms with Gasteiger partial charge in [0.15, 0.2) is 11.6 Å². The van der Waals surface area contributed by atoms with Crippen LogP contribution in [-0.2, 0) is 12.8 Å². The molecule has 6 heteroatoms. The Morgan fingerprint density at radius 2 is 2.06 bits per heavy atom. The Balaban J connectivity index is 2.40.